The van der Waals surface area contributed by atoms with E-state index in [-0.39, 0.29) is 0 Å². The SMILES string of the molecule is CC(C)(Cn1ccc2ccc(C(N)=S)cc21)C(=O)O. The lowest BCUT2D eigenvalue weighted by molar-refractivity contribution is -0.147. The summed E-state index contributed by atoms with van der Waals surface area (Å²) in [6, 6.07) is 7.66. The smallest absolute Gasteiger partial charge is 0.310 e. The first-order valence-corrected chi connectivity index (χ1v) is 6.34. The molecule has 2 rings (SSSR count). The highest BCUT2D eigenvalue weighted by Gasteiger charge is 2.27. The van der Waals surface area contributed by atoms with Crippen molar-refractivity contribution >= 4 is 34.1 Å². The highest BCUT2D eigenvalue weighted by atomic mass is 32.1. The highest BCUT2D eigenvalue weighted by molar-refractivity contribution is 7.80. The fourth-order valence-corrected chi connectivity index (χ4v) is 2.10. The Morgan fingerprint density at radius 3 is 2.68 bits per heavy atom. The van der Waals surface area contributed by atoms with Crippen LogP contribution < -0.4 is 5.73 Å². The van der Waals surface area contributed by atoms with Crippen molar-refractivity contribution in [2.45, 2.75) is 20.4 Å². The molecule has 0 fully saturated rings. The van der Waals surface area contributed by atoms with Gasteiger partial charge in [0.25, 0.3) is 0 Å². The van der Waals surface area contributed by atoms with Gasteiger partial charge in [0.05, 0.1) is 5.41 Å². The second kappa shape index (κ2) is 4.66. The van der Waals surface area contributed by atoms with E-state index in [2.05, 4.69) is 0 Å². The van der Waals surface area contributed by atoms with Crippen molar-refractivity contribution < 1.29 is 9.90 Å². The molecular weight excluding hydrogens is 260 g/mol. The molecule has 1 heterocycles. The highest BCUT2D eigenvalue weighted by Crippen LogP contribution is 2.24. The molecule has 0 radical (unpaired) electrons. The zero-order valence-electron chi connectivity index (χ0n) is 10.9. The molecule has 0 spiro atoms. The first-order valence-electron chi connectivity index (χ1n) is 5.93. The van der Waals surface area contributed by atoms with E-state index in [1.165, 1.54) is 0 Å². The summed E-state index contributed by atoms with van der Waals surface area (Å²) in [4.78, 5) is 11.5. The molecule has 19 heavy (non-hydrogen) atoms. The molecule has 0 saturated heterocycles. The molecule has 4 nitrogen and oxygen atoms in total. The summed E-state index contributed by atoms with van der Waals surface area (Å²) in [6.45, 7) is 3.81. The van der Waals surface area contributed by atoms with Crippen molar-refractivity contribution in [3.63, 3.8) is 0 Å². The lowest BCUT2D eigenvalue weighted by atomic mass is 9.94. The summed E-state index contributed by atoms with van der Waals surface area (Å²) in [5, 5.41) is 10.2. The molecule has 0 aliphatic rings. The van der Waals surface area contributed by atoms with Crippen LogP contribution in [0.1, 0.15) is 19.4 Å². The molecule has 1 aromatic heterocycles. The molecule has 0 aliphatic carbocycles. The number of aliphatic carboxylic acids is 1. The predicted octanol–water partition coefficient (Wildman–Crippen LogP) is 2.39. The van der Waals surface area contributed by atoms with Gasteiger partial charge in [0.2, 0.25) is 0 Å². The van der Waals surface area contributed by atoms with E-state index in [1.807, 2.05) is 35.0 Å². The number of fused-ring (bicyclic) bond motifs is 1. The van der Waals surface area contributed by atoms with Gasteiger partial charge in [0, 0.05) is 23.8 Å². The van der Waals surface area contributed by atoms with Crippen molar-refractivity contribution in [2.24, 2.45) is 11.1 Å². The molecule has 0 aliphatic heterocycles. The maximum Gasteiger partial charge on any atom is 0.310 e. The lowest BCUT2D eigenvalue weighted by Gasteiger charge is -2.20. The Balaban J connectivity index is 2.47. The minimum Gasteiger partial charge on any atom is -0.481 e. The molecule has 2 aromatic rings. The number of benzene rings is 1. The second-order valence-corrected chi connectivity index (χ2v) is 5.71. The number of rotatable bonds is 4. The Labute approximate surface area is 116 Å². The largest absolute Gasteiger partial charge is 0.481 e. The van der Waals surface area contributed by atoms with Crippen molar-refractivity contribution in [2.75, 3.05) is 0 Å². The monoisotopic (exact) mass is 276 g/mol. The Morgan fingerprint density at radius 1 is 1.42 bits per heavy atom. The van der Waals surface area contributed by atoms with Crippen LogP contribution in [0.5, 0.6) is 0 Å². The van der Waals surface area contributed by atoms with Gasteiger partial charge in [-0.25, -0.2) is 0 Å². The van der Waals surface area contributed by atoms with Crippen LogP contribution in [0.2, 0.25) is 0 Å². The van der Waals surface area contributed by atoms with Crippen LogP contribution in [0.25, 0.3) is 10.9 Å². The van der Waals surface area contributed by atoms with Gasteiger partial charge in [-0.05, 0) is 31.4 Å². The quantitative estimate of drug-likeness (QED) is 0.841. The van der Waals surface area contributed by atoms with Gasteiger partial charge < -0.3 is 15.4 Å². The fourth-order valence-electron chi connectivity index (χ4n) is 1.97. The Bertz CT molecular complexity index is 659. The average Bonchev–Trinajstić information content (AvgIpc) is 2.71. The summed E-state index contributed by atoms with van der Waals surface area (Å²) < 4.78 is 1.92. The van der Waals surface area contributed by atoms with Crippen molar-refractivity contribution in [1.29, 1.82) is 0 Å². The van der Waals surface area contributed by atoms with Gasteiger partial charge in [-0.15, -0.1) is 0 Å². The molecular formula is C14H16N2O2S. The summed E-state index contributed by atoms with van der Waals surface area (Å²) in [6.07, 6.45) is 1.89. The standard InChI is InChI=1S/C14H16N2O2S/c1-14(2,13(17)18)8-16-6-5-9-3-4-10(12(15)19)7-11(9)16/h3-7H,8H2,1-2H3,(H2,15,19)(H,17,18). The molecule has 0 bridgehead atoms. The van der Waals surface area contributed by atoms with Gasteiger partial charge in [-0.2, -0.15) is 0 Å². The third kappa shape index (κ3) is 2.61. The number of hydrogen-bond acceptors (Lipinski definition) is 2. The fraction of sp³-hybridized carbons (Fsp3) is 0.286. The number of nitrogens with zero attached hydrogens (tertiary/aromatic N) is 1. The number of nitrogens with two attached hydrogens (primary N) is 1. The molecule has 0 saturated carbocycles. The minimum atomic E-state index is -0.828. The van der Waals surface area contributed by atoms with E-state index in [0.717, 1.165) is 16.5 Å². The Kier molecular flexibility index (Phi) is 3.32. The third-order valence-electron chi connectivity index (χ3n) is 3.20. The lowest BCUT2D eigenvalue weighted by Crippen LogP contribution is -2.28. The van der Waals surface area contributed by atoms with E-state index >= 15 is 0 Å². The second-order valence-electron chi connectivity index (χ2n) is 5.27. The zero-order valence-corrected chi connectivity index (χ0v) is 11.7. The Morgan fingerprint density at radius 2 is 2.11 bits per heavy atom. The van der Waals surface area contributed by atoms with Crippen molar-refractivity contribution in [3.8, 4) is 0 Å². The molecule has 1 aromatic carbocycles. The first-order chi connectivity index (χ1) is 8.81. The van der Waals surface area contributed by atoms with Crippen LogP contribution in [0, 0.1) is 5.41 Å². The first kappa shape index (κ1) is 13.5. The summed E-state index contributed by atoms with van der Waals surface area (Å²) in [5.41, 5.74) is 6.53. The Hall–Kier alpha value is -1.88. The number of thiocarbonyl (C=S) groups is 1. The number of hydrogen-bond donors (Lipinski definition) is 2. The predicted molar refractivity (Wildman–Crippen MR) is 79.2 cm³/mol. The van der Waals surface area contributed by atoms with Gasteiger partial charge in [0.15, 0.2) is 0 Å². The maximum atomic E-state index is 11.2. The van der Waals surface area contributed by atoms with Crippen molar-refractivity contribution in [1.82, 2.24) is 4.57 Å². The molecule has 0 unspecified atom stereocenters. The minimum absolute atomic E-state index is 0.340. The summed E-state index contributed by atoms with van der Waals surface area (Å²) in [5.74, 6) is -0.820. The van der Waals surface area contributed by atoms with Crippen LogP contribution in [0.3, 0.4) is 0 Å². The third-order valence-corrected chi connectivity index (χ3v) is 3.44. The average molecular weight is 276 g/mol. The zero-order chi connectivity index (χ0) is 14.2. The van der Waals surface area contributed by atoms with E-state index < -0.39 is 11.4 Å². The normalized spacial score (nSPS) is 11.7. The van der Waals surface area contributed by atoms with Crippen LogP contribution in [-0.2, 0) is 11.3 Å². The number of aromatic nitrogens is 1. The molecule has 0 atom stereocenters. The van der Waals surface area contributed by atoms with Gasteiger partial charge in [0.1, 0.15) is 4.99 Å². The summed E-state index contributed by atoms with van der Waals surface area (Å²) >= 11 is 4.97. The molecule has 0 amide bonds. The number of carboxylic acid groups (broad SMARTS) is 1. The topological polar surface area (TPSA) is 68.2 Å². The van der Waals surface area contributed by atoms with Crippen molar-refractivity contribution in [3.05, 3.63) is 36.0 Å². The van der Waals surface area contributed by atoms with E-state index in [9.17, 15) is 9.90 Å². The van der Waals surface area contributed by atoms with E-state index in [4.69, 9.17) is 18.0 Å². The van der Waals surface area contributed by atoms with Gasteiger partial charge in [-0.1, -0.05) is 24.4 Å². The van der Waals surface area contributed by atoms with E-state index in [0.29, 0.717) is 11.5 Å². The number of carboxylic acids is 1. The van der Waals surface area contributed by atoms with Crippen LogP contribution in [0.15, 0.2) is 30.5 Å². The summed E-state index contributed by atoms with van der Waals surface area (Å²) in [7, 11) is 0. The van der Waals surface area contributed by atoms with Gasteiger partial charge >= 0.3 is 5.97 Å². The molecule has 5 heteroatoms. The van der Waals surface area contributed by atoms with Crippen LogP contribution in [-0.4, -0.2) is 20.6 Å². The van der Waals surface area contributed by atoms with Crippen LogP contribution in [0.4, 0.5) is 0 Å². The number of carbonyl (C=O) groups is 1. The van der Waals surface area contributed by atoms with E-state index in [1.54, 1.807) is 13.8 Å². The molecule has 3 N–H and O–H groups in total. The molecule has 100 valence electrons. The maximum absolute atomic E-state index is 11.2. The van der Waals surface area contributed by atoms with Gasteiger partial charge in [-0.3, -0.25) is 4.79 Å². The van der Waals surface area contributed by atoms with Crippen LogP contribution >= 0.6 is 12.2 Å².